The van der Waals surface area contributed by atoms with E-state index in [1.165, 1.54) is 11.6 Å². The number of hydrogen-bond donors (Lipinski definition) is 2. The second-order valence-corrected chi connectivity index (χ2v) is 9.24. The van der Waals surface area contributed by atoms with E-state index < -0.39 is 0 Å². The summed E-state index contributed by atoms with van der Waals surface area (Å²) in [6.07, 6.45) is 5.22. The third-order valence-electron chi connectivity index (χ3n) is 5.51. The molecule has 0 saturated carbocycles. The maximum Gasteiger partial charge on any atom is 0.246 e. The second kappa shape index (κ2) is 11.6. The quantitative estimate of drug-likeness (QED) is 0.590. The number of morpholine rings is 1. The Morgan fingerprint density at radius 2 is 2.09 bits per heavy atom. The zero-order valence-corrected chi connectivity index (χ0v) is 20.0. The molecule has 0 unspecified atom stereocenters. The van der Waals surface area contributed by atoms with Gasteiger partial charge in [0, 0.05) is 49.8 Å². The predicted molar refractivity (Wildman–Crippen MR) is 131 cm³/mol. The first-order chi connectivity index (χ1) is 15.1. The van der Waals surface area contributed by atoms with Crippen LogP contribution in [0.5, 0.6) is 0 Å². The van der Waals surface area contributed by atoms with E-state index >= 15 is 0 Å². The van der Waals surface area contributed by atoms with Crippen molar-refractivity contribution in [1.29, 1.82) is 0 Å². The molecule has 1 amide bonds. The number of rotatable bonds is 7. The molecule has 1 atom stereocenters. The van der Waals surface area contributed by atoms with E-state index in [4.69, 9.17) is 9.72 Å². The summed E-state index contributed by atoms with van der Waals surface area (Å²) in [4.78, 5) is 26.6. The minimum atomic E-state index is -0.0120. The van der Waals surface area contributed by atoms with Crippen LogP contribution in [0.3, 0.4) is 0 Å². The van der Waals surface area contributed by atoms with Crippen molar-refractivity contribution in [1.82, 2.24) is 19.8 Å². The van der Waals surface area contributed by atoms with Gasteiger partial charge >= 0.3 is 0 Å². The summed E-state index contributed by atoms with van der Waals surface area (Å²) in [7, 11) is 0. The number of pyridine rings is 1. The zero-order valence-electron chi connectivity index (χ0n) is 18.4. The molecule has 2 fully saturated rings. The summed E-state index contributed by atoms with van der Waals surface area (Å²) < 4.78 is 5.48. The van der Waals surface area contributed by atoms with Crippen LogP contribution >= 0.6 is 23.7 Å². The number of aromatic nitrogens is 2. The molecule has 2 aliphatic rings. The summed E-state index contributed by atoms with van der Waals surface area (Å²) >= 11 is 1.61. The van der Waals surface area contributed by atoms with Gasteiger partial charge < -0.3 is 20.3 Å². The van der Waals surface area contributed by atoms with E-state index in [1.54, 1.807) is 11.3 Å². The minimum Gasteiger partial charge on any atom is -0.379 e. The molecular formula is C22H31ClN6O2S. The molecule has 10 heteroatoms. The third-order valence-corrected chi connectivity index (χ3v) is 6.34. The molecule has 2 aliphatic heterocycles. The fourth-order valence-corrected chi connectivity index (χ4v) is 4.66. The highest BCUT2D eigenvalue weighted by Crippen LogP contribution is 2.25. The van der Waals surface area contributed by atoms with Crippen molar-refractivity contribution >= 4 is 46.4 Å². The number of ether oxygens (including phenoxy) is 1. The Hall–Kier alpha value is -2.20. The molecule has 174 valence electrons. The number of amides is 1. The van der Waals surface area contributed by atoms with Crippen molar-refractivity contribution in [2.24, 2.45) is 0 Å². The van der Waals surface area contributed by atoms with Crippen LogP contribution in [0.1, 0.15) is 23.3 Å². The normalized spacial score (nSPS) is 19.2. The number of carbonyl (C=O) groups excluding carboxylic acids is 1. The number of piperidine rings is 1. The van der Waals surface area contributed by atoms with Crippen molar-refractivity contribution in [3.8, 4) is 0 Å². The average Bonchev–Trinajstić information content (AvgIpc) is 3.18. The molecule has 2 aromatic rings. The van der Waals surface area contributed by atoms with Gasteiger partial charge in [0.2, 0.25) is 5.91 Å². The SMILES string of the molecule is C=CC(=O)N1CCC[C@H](Nc2cc(CN3CCOCC3)cc(Nc3ncc(C)s3)n2)C1.Cl. The van der Waals surface area contributed by atoms with Gasteiger partial charge in [0.05, 0.1) is 13.2 Å². The van der Waals surface area contributed by atoms with Gasteiger partial charge in [0.25, 0.3) is 0 Å². The number of carbonyl (C=O) groups is 1. The topological polar surface area (TPSA) is 82.6 Å². The van der Waals surface area contributed by atoms with Gasteiger partial charge in [-0.05, 0) is 43.5 Å². The fourth-order valence-electron chi connectivity index (χ4n) is 3.99. The van der Waals surface area contributed by atoms with Crippen molar-refractivity contribution in [2.75, 3.05) is 50.0 Å². The lowest BCUT2D eigenvalue weighted by atomic mass is 10.1. The van der Waals surface area contributed by atoms with Crippen LogP contribution < -0.4 is 10.6 Å². The maximum absolute atomic E-state index is 12.0. The highest BCUT2D eigenvalue weighted by atomic mass is 35.5. The van der Waals surface area contributed by atoms with Gasteiger partial charge in [-0.3, -0.25) is 9.69 Å². The number of thiazole rings is 1. The lowest BCUT2D eigenvalue weighted by Gasteiger charge is -2.33. The van der Waals surface area contributed by atoms with E-state index in [0.29, 0.717) is 6.54 Å². The number of anilines is 3. The summed E-state index contributed by atoms with van der Waals surface area (Å²) in [6.45, 7) is 11.3. The third kappa shape index (κ3) is 6.65. The van der Waals surface area contributed by atoms with E-state index in [9.17, 15) is 4.79 Å². The number of aryl methyl sites for hydroxylation is 1. The molecular weight excluding hydrogens is 448 g/mol. The van der Waals surface area contributed by atoms with E-state index in [-0.39, 0.29) is 24.4 Å². The molecule has 4 heterocycles. The highest BCUT2D eigenvalue weighted by molar-refractivity contribution is 7.15. The van der Waals surface area contributed by atoms with Crippen LogP contribution in [0, 0.1) is 6.92 Å². The smallest absolute Gasteiger partial charge is 0.246 e. The Labute approximate surface area is 199 Å². The van der Waals surface area contributed by atoms with Crippen molar-refractivity contribution < 1.29 is 9.53 Å². The lowest BCUT2D eigenvalue weighted by molar-refractivity contribution is -0.127. The first-order valence-corrected chi connectivity index (χ1v) is 11.6. The van der Waals surface area contributed by atoms with Crippen LogP contribution in [0.15, 0.2) is 31.0 Å². The largest absolute Gasteiger partial charge is 0.379 e. The first kappa shape index (κ1) is 24.4. The van der Waals surface area contributed by atoms with Crippen molar-refractivity contribution in [2.45, 2.75) is 32.4 Å². The van der Waals surface area contributed by atoms with Crippen LogP contribution in [-0.4, -0.2) is 71.1 Å². The Morgan fingerprint density at radius 1 is 1.31 bits per heavy atom. The molecule has 0 aliphatic carbocycles. The van der Waals surface area contributed by atoms with Crippen LogP contribution in [-0.2, 0) is 16.1 Å². The molecule has 32 heavy (non-hydrogen) atoms. The van der Waals surface area contributed by atoms with Gasteiger partial charge in [-0.25, -0.2) is 9.97 Å². The summed E-state index contributed by atoms with van der Waals surface area (Å²) in [5, 5.41) is 7.74. The van der Waals surface area contributed by atoms with Gasteiger partial charge in [0.1, 0.15) is 11.6 Å². The first-order valence-electron chi connectivity index (χ1n) is 10.8. The van der Waals surface area contributed by atoms with Crippen LogP contribution in [0.2, 0.25) is 0 Å². The standard InChI is InChI=1S/C22H30N6O2S.ClH/c1-3-21(29)28-6-4-5-18(15-28)24-19-11-17(14-27-7-9-30-10-8-27)12-20(25-19)26-22-23-13-16(2)31-22;/h3,11-13,18H,1,4-10,14-15H2,2H3,(H2,23,24,25,26);1H/t18-;/m0./s1. The fraction of sp³-hybridized carbons (Fsp3) is 0.500. The molecule has 2 N–H and O–H groups in total. The molecule has 4 rings (SSSR count). The average molecular weight is 479 g/mol. The molecule has 2 saturated heterocycles. The number of likely N-dealkylation sites (tertiary alicyclic amines) is 1. The highest BCUT2D eigenvalue weighted by Gasteiger charge is 2.23. The predicted octanol–water partition coefficient (Wildman–Crippen LogP) is 3.43. The van der Waals surface area contributed by atoms with E-state index in [1.807, 2.05) is 18.0 Å². The second-order valence-electron chi connectivity index (χ2n) is 8.01. The van der Waals surface area contributed by atoms with Gasteiger partial charge in [-0.2, -0.15) is 0 Å². The van der Waals surface area contributed by atoms with Gasteiger partial charge in [-0.1, -0.05) is 6.58 Å². The Morgan fingerprint density at radius 3 is 2.81 bits per heavy atom. The lowest BCUT2D eigenvalue weighted by Crippen LogP contribution is -2.44. The molecule has 0 spiro atoms. The Balaban J connectivity index is 0.00000289. The molecule has 2 aromatic heterocycles. The Bertz CT molecular complexity index is 918. The van der Waals surface area contributed by atoms with Crippen molar-refractivity contribution in [3.63, 3.8) is 0 Å². The number of halogens is 1. The number of hydrogen-bond acceptors (Lipinski definition) is 8. The van der Waals surface area contributed by atoms with E-state index in [0.717, 1.165) is 73.9 Å². The summed E-state index contributed by atoms with van der Waals surface area (Å²) in [6, 6.07) is 4.37. The molecule has 8 nitrogen and oxygen atoms in total. The molecule has 0 radical (unpaired) electrons. The Kier molecular flexibility index (Phi) is 8.86. The van der Waals surface area contributed by atoms with Gasteiger partial charge in [0.15, 0.2) is 5.13 Å². The van der Waals surface area contributed by atoms with Gasteiger partial charge in [-0.15, -0.1) is 23.7 Å². The minimum absolute atomic E-state index is 0. The maximum atomic E-state index is 12.0. The van der Waals surface area contributed by atoms with Crippen LogP contribution in [0.4, 0.5) is 16.8 Å². The number of nitrogens with one attached hydrogen (secondary N) is 2. The summed E-state index contributed by atoms with van der Waals surface area (Å²) in [5.74, 6) is 1.58. The van der Waals surface area contributed by atoms with Crippen molar-refractivity contribution in [3.05, 3.63) is 41.4 Å². The molecule has 0 bridgehead atoms. The molecule has 0 aromatic carbocycles. The summed E-state index contributed by atoms with van der Waals surface area (Å²) in [5.41, 5.74) is 1.19. The number of nitrogens with zero attached hydrogens (tertiary/aromatic N) is 4. The monoisotopic (exact) mass is 478 g/mol. The van der Waals surface area contributed by atoms with Crippen LogP contribution in [0.25, 0.3) is 0 Å². The van der Waals surface area contributed by atoms with E-state index in [2.05, 4.69) is 39.2 Å². The zero-order chi connectivity index (χ0) is 21.6.